The Morgan fingerprint density at radius 2 is 1.79 bits per heavy atom. The van der Waals surface area contributed by atoms with E-state index in [4.69, 9.17) is 20.9 Å². The van der Waals surface area contributed by atoms with Crippen LogP contribution in [0.4, 0.5) is 21.5 Å². The van der Waals surface area contributed by atoms with Crippen molar-refractivity contribution in [2.24, 2.45) is 5.73 Å². The summed E-state index contributed by atoms with van der Waals surface area (Å²) in [5.41, 5.74) is 12.6. The van der Waals surface area contributed by atoms with E-state index in [0.29, 0.717) is 27.9 Å². The Morgan fingerprint density at radius 1 is 1.07 bits per heavy atom. The molecule has 0 saturated carbocycles. The van der Waals surface area contributed by atoms with Gasteiger partial charge in [-0.3, -0.25) is 9.59 Å². The van der Waals surface area contributed by atoms with Gasteiger partial charge in [0.15, 0.2) is 10.8 Å². The molecular weight excluding hydrogens is 394 g/mol. The van der Waals surface area contributed by atoms with Crippen LogP contribution < -0.4 is 31.6 Å². The third-order valence-electron chi connectivity index (χ3n) is 3.92. The van der Waals surface area contributed by atoms with Crippen LogP contribution in [0.3, 0.4) is 0 Å². The van der Waals surface area contributed by atoms with Gasteiger partial charge in [0.05, 0.1) is 19.9 Å². The molecule has 1 aromatic heterocycles. The van der Waals surface area contributed by atoms with Crippen molar-refractivity contribution in [3.8, 4) is 11.5 Å². The Kier molecular flexibility index (Phi) is 5.84. The van der Waals surface area contributed by atoms with Gasteiger partial charge in [0, 0.05) is 11.3 Å². The van der Waals surface area contributed by atoms with Crippen molar-refractivity contribution in [2.75, 3.05) is 30.6 Å². The highest BCUT2D eigenvalue weighted by Crippen LogP contribution is 2.32. The molecule has 0 spiro atoms. The summed E-state index contributed by atoms with van der Waals surface area (Å²) in [5.74, 6) is -0.0440. The number of rotatable bonds is 7. The summed E-state index contributed by atoms with van der Waals surface area (Å²) < 4.78 is 10.2. The van der Waals surface area contributed by atoms with Crippen LogP contribution in [-0.2, 0) is 0 Å². The zero-order valence-corrected chi connectivity index (χ0v) is 16.5. The van der Waals surface area contributed by atoms with Crippen LogP contribution >= 0.6 is 11.3 Å². The predicted octanol–water partition coefficient (Wildman–Crippen LogP) is 2.84. The van der Waals surface area contributed by atoms with Gasteiger partial charge in [0.25, 0.3) is 11.8 Å². The minimum atomic E-state index is -0.756. The Hall–Kier alpha value is -3.79. The van der Waals surface area contributed by atoms with Crippen molar-refractivity contribution < 1.29 is 19.1 Å². The number of nitrogens with zero attached hydrogens (tertiary/aromatic N) is 1. The van der Waals surface area contributed by atoms with E-state index in [0.717, 1.165) is 17.0 Å². The van der Waals surface area contributed by atoms with E-state index in [9.17, 15) is 9.59 Å². The van der Waals surface area contributed by atoms with E-state index in [2.05, 4.69) is 15.6 Å². The topological polar surface area (TPSA) is 142 Å². The summed E-state index contributed by atoms with van der Waals surface area (Å²) in [5, 5.41) is 6.35. The Labute approximate surface area is 170 Å². The number of methoxy groups -OCH3 is 2. The van der Waals surface area contributed by atoms with Crippen LogP contribution in [0, 0.1) is 0 Å². The fourth-order valence-corrected chi connectivity index (χ4v) is 3.36. The number of carbonyl (C=O) groups is 2. The van der Waals surface area contributed by atoms with Gasteiger partial charge >= 0.3 is 0 Å². The van der Waals surface area contributed by atoms with Crippen LogP contribution in [0.2, 0.25) is 0 Å². The number of amides is 2. The predicted molar refractivity (Wildman–Crippen MR) is 112 cm³/mol. The summed E-state index contributed by atoms with van der Waals surface area (Å²) in [6.45, 7) is 0. The van der Waals surface area contributed by atoms with Gasteiger partial charge in [-0.1, -0.05) is 11.3 Å². The Morgan fingerprint density at radius 3 is 2.38 bits per heavy atom. The van der Waals surface area contributed by atoms with Gasteiger partial charge in [-0.15, -0.1) is 0 Å². The standard InChI is InChI=1S/C19H19N5O4S/c1-27-12-6-4-11(5-7-12)22-19-23-15(16(21)25)18(29-19)24-17(26)10-3-8-14(28-2)13(20)9-10/h3-9H,20H2,1-2H3,(H2,21,25)(H,22,23)(H,24,26). The molecule has 0 unspecified atom stereocenters. The lowest BCUT2D eigenvalue weighted by molar-refractivity contribution is 0.0997. The van der Waals surface area contributed by atoms with E-state index in [1.165, 1.54) is 13.2 Å². The van der Waals surface area contributed by atoms with Gasteiger partial charge in [0.2, 0.25) is 0 Å². The van der Waals surface area contributed by atoms with Crippen molar-refractivity contribution in [2.45, 2.75) is 0 Å². The fourth-order valence-electron chi connectivity index (χ4n) is 2.47. The minimum absolute atomic E-state index is 0.0409. The number of hydrogen-bond donors (Lipinski definition) is 4. The Bertz CT molecular complexity index is 1050. The molecule has 0 aliphatic heterocycles. The lowest BCUT2D eigenvalue weighted by Gasteiger charge is -2.07. The van der Waals surface area contributed by atoms with Gasteiger partial charge in [-0.25, -0.2) is 4.98 Å². The maximum absolute atomic E-state index is 12.6. The van der Waals surface area contributed by atoms with Crippen molar-refractivity contribution in [1.29, 1.82) is 0 Å². The number of thiazole rings is 1. The molecule has 0 aliphatic rings. The molecule has 10 heteroatoms. The van der Waals surface area contributed by atoms with Gasteiger partial charge in [-0.2, -0.15) is 0 Å². The zero-order chi connectivity index (χ0) is 21.0. The number of nitrogens with one attached hydrogen (secondary N) is 2. The highest BCUT2D eigenvalue weighted by Gasteiger charge is 2.19. The molecule has 1 heterocycles. The van der Waals surface area contributed by atoms with E-state index in [1.54, 1.807) is 43.5 Å². The molecule has 0 saturated heterocycles. The number of ether oxygens (including phenoxy) is 2. The van der Waals surface area contributed by atoms with E-state index in [-0.39, 0.29) is 10.7 Å². The second-order valence-corrected chi connectivity index (χ2v) is 6.82. The van der Waals surface area contributed by atoms with E-state index in [1.807, 2.05) is 0 Å². The number of carbonyl (C=O) groups excluding carboxylic acids is 2. The molecule has 29 heavy (non-hydrogen) atoms. The minimum Gasteiger partial charge on any atom is -0.497 e. The molecule has 150 valence electrons. The molecule has 0 aliphatic carbocycles. The van der Waals surface area contributed by atoms with Crippen LogP contribution in [-0.4, -0.2) is 31.0 Å². The van der Waals surface area contributed by atoms with Crippen molar-refractivity contribution >= 4 is 44.7 Å². The molecule has 6 N–H and O–H groups in total. The number of nitrogens with two attached hydrogens (primary N) is 2. The summed E-state index contributed by atoms with van der Waals surface area (Å²) in [4.78, 5) is 28.5. The monoisotopic (exact) mass is 413 g/mol. The van der Waals surface area contributed by atoms with Gasteiger partial charge in [0.1, 0.15) is 16.5 Å². The lowest BCUT2D eigenvalue weighted by atomic mass is 10.2. The van der Waals surface area contributed by atoms with Crippen LogP contribution in [0.1, 0.15) is 20.8 Å². The fraction of sp³-hybridized carbons (Fsp3) is 0.105. The lowest BCUT2D eigenvalue weighted by Crippen LogP contribution is -2.17. The quantitative estimate of drug-likeness (QED) is 0.436. The maximum Gasteiger partial charge on any atom is 0.270 e. The Balaban J connectivity index is 1.81. The first-order valence-electron chi connectivity index (χ1n) is 8.38. The number of primary amides is 1. The third-order valence-corrected chi connectivity index (χ3v) is 4.81. The summed E-state index contributed by atoms with van der Waals surface area (Å²) in [7, 11) is 3.06. The molecule has 0 radical (unpaired) electrons. The van der Waals surface area contributed by atoms with Crippen molar-refractivity contribution in [3.05, 3.63) is 53.7 Å². The smallest absolute Gasteiger partial charge is 0.270 e. The molecule has 0 fully saturated rings. The largest absolute Gasteiger partial charge is 0.497 e. The number of benzene rings is 2. The molecule has 2 amide bonds. The number of hydrogen-bond acceptors (Lipinski definition) is 8. The maximum atomic E-state index is 12.6. The molecule has 2 aromatic carbocycles. The molecule has 3 aromatic rings. The first-order chi connectivity index (χ1) is 13.9. The van der Waals surface area contributed by atoms with Crippen molar-refractivity contribution in [3.63, 3.8) is 0 Å². The second kappa shape index (κ2) is 8.48. The summed E-state index contributed by atoms with van der Waals surface area (Å²) in [6.07, 6.45) is 0. The number of anilines is 4. The molecule has 0 atom stereocenters. The van der Waals surface area contributed by atoms with E-state index < -0.39 is 11.8 Å². The second-order valence-electron chi connectivity index (χ2n) is 5.83. The SMILES string of the molecule is COc1ccc(Nc2nc(C(N)=O)c(NC(=O)c3ccc(OC)c(N)c3)s2)cc1. The first-order valence-corrected chi connectivity index (χ1v) is 9.19. The molecule has 0 bridgehead atoms. The zero-order valence-electron chi connectivity index (χ0n) is 15.7. The number of aromatic nitrogens is 1. The summed E-state index contributed by atoms with van der Waals surface area (Å²) >= 11 is 1.09. The summed E-state index contributed by atoms with van der Waals surface area (Å²) in [6, 6.07) is 11.8. The van der Waals surface area contributed by atoms with Crippen LogP contribution in [0.15, 0.2) is 42.5 Å². The highest BCUT2D eigenvalue weighted by atomic mass is 32.1. The third kappa shape index (κ3) is 4.55. The van der Waals surface area contributed by atoms with E-state index >= 15 is 0 Å². The molecule has 3 rings (SSSR count). The van der Waals surface area contributed by atoms with Gasteiger partial charge < -0.3 is 31.6 Å². The van der Waals surface area contributed by atoms with Crippen molar-refractivity contribution in [1.82, 2.24) is 4.98 Å². The first kappa shape index (κ1) is 20.0. The average Bonchev–Trinajstić information content (AvgIpc) is 3.10. The average molecular weight is 413 g/mol. The molecule has 9 nitrogen and oxygen atoms in total. The van der Waals surface area contributed by atoms with Crippen LogP contribution in [0.25, 0.3) is 0 Å². The molecular formula is C19H19N5O4S. The van der Waals surface area contributed by atoms with Crippen LogP contribution in [0.5, 0.6) is 11.5 Å². The highest BCUT2D eigenvalue weighted by molar-refractivity contribution is 7.20. The van der Waals surface area contributed by atoms with Gasteiger partial charge in [-0.05, 0) is 42.5 Å². The normalized spacial score (nSPS) is 10.3. The number of nitrogen functional groups attached to an aromatic ring is 1.